The number of hydrogen-bond donors (Lipinski definition) is 1. The molecular formula is C21H22ClN3O5S2. The Morgan fingerprint density at radius 2 is 1.72 bits per heavy atom. The fraction of sp³-hybridized carbons (Fsp3) is 0.333. The van der Waals surface area contributed by atoms with Crippen LogP contribution in [-0.4, -0.2) is 50.9 Å². The average Bonchev–Trinajstić information content (AvgIpc) is 3.22. The molecule has 1 fully saturated rings. The first-order valence-corrected chi connectivity index (χ1v) is 12.5. The molecule has 0 radical (unpaired) electrons. The number of anilines is 1. The molecule has 1 N–H and O–H groups in total. The van der Waals surface area contributed by atoms with E-state index >= 15 is 0 Å². The minimum absolute atomic E-state index is 0.175. The molecule has 32 heavy (non-hydrogen) atoms. The van der Waals surface area contributed by atoms with Crippen molar-refractivity contribution in [1.82, 2.24) is 9.29 Å². The Kier molecular flexibility index (Phi) is 6.57. The largest absolute Gasteiger partial charge is 0.495 e. The van der Waals surface area contributed by atoms with Gasteiger partial charge >= 0.3 is 0 Å². The van der Waals surface area contributed by atoms with Crippen molar-refractivity contribution in [2.45, 2.75) is 17.7 Å². The molecule has 0 spiro atoms. The van der Waals surface area contributed by atoms with Gasteiger partial charge in [-0.25, -0.2) is 13.4 Å². The number of amides is 1. The Morgan fingerprint density at radius 1 is 1.09 bits per heavy atom. The molecule has 3 aromatic rings. The Labute approximate surface area is 195 Å². The minimum atomic E-state index is -3.61. The van der Waals surface area contributed by atoms with Crippen molar-refractivity contribution in [2.24, 2.45) is 5.92 Å². The van der Waals surface area contributed by atoms with Gasteiger partial charge in [0.1, 0.15) is 21.7 Å². The summed E-state index contributed by atoms with van der Waals surface area (Å²) < 4.78 is 38.6. The van der Waals surface area contributed by atoms with E-state index in [9.17, 15) is 13.2 Å². The zero-order valence-corrected chi connectivity index (χ0v) is 19.9. The zero-order valence-electron chi connectivity index (χ0n) is 17.5. The molecule has 0 saturated carbocycles. The molecule has 0 bridgehead atoms. The Hall–Kier alpha value is -2.40. The molecule has 1 aromatic heterocycles. The van der Waals surface area contributed by atoms with Crippen LogP contribution in [0.25, 0.3) is 10.2 Å². The number of nitrogens with one attached hydrogen (secondary N) is 1. The van der Waals surface area contributed by atoms with Gasteiger partial charge in [0.15, 0.2) is 5.13 Å². The van der Waals surface area contributed by atoms with Gasteiger partial charge in [0.2, 0.25) is 15.9 Å². The number of ether oxygens (including phenoxy) is 2. The highest BCUT2D eigenvalue weighted by Gasteiger charge is 2.32. The first kappa shape index (κ1) is 22.8. The second-order valence-corrected chi connectivity index (χ2v) is 10.7. The van der Waals surface area contributed by atoms with Gasteiger partial charge in [-0.15, -0.1) is 0 Å². The molecule has 11 heteroatoms. The maximum atomic E-state index is 12.8. The number of nitrogens with zero attached hydrogens (tertiary/aromatic N) is 2. The number of carbonyl (C=O) groups excluding carboxylic acids is 1. The number of halogens is 1. The van der Waals surface area contributed by atoms with Crippen LogP contribution in [0.1, 0.15) is 12.8 Å². The number of piperidine rings is 1. The lowest BCUT2D eigenvalue weighted by atomic mass is 9.97. The first-order valence-electron chi connectivity index (χ1n) is 9.91. The van der Waals surface area contributed by atoms with Crippen molar-refractivity contribution >= 4 is 54.2 Å². The molecule has 0 atom stereocenters. The fourth-order valence-corrected chi connectivity index (χ4v) is 6.23. The summed E-state index contributed by atoms with van der Waals surface area (Å²) in [5.41, 5.74) is 0.621. The second-order valence-electron chi connectivity index (χ2n) is 7.29. The number of thiazole rings is 1. The lowest BCUT2D eigenvalue weighted by Gasteiger charge is -2.30. The summed E-state index contributed by atoms with van der Waals surface area (Å²) in [7, 11) is -0.480. The first-order chi connectivity index (χ1) is 15.3. The molecular weight excluding hydrogens is 474 g/mol. The number of fused-ring (bicyclic) bond motifs is 1. The van der Waals surface area contributed by atoms with Crippen LogP contribution in [0.2, 0.25) is 5.02 Å². The van der Waals surface area contributed by atoms with Crippen LogP contribution < -0.4 is 14.8 Å². The fourth-order valence-electron chi connectivity index (χ4n) is 3.66. The van der Waals surface area contributed by atoms with Crippen LogP contribution in [-0.2, 0) is 14.8 Å². The number of sulfonamides is 1. The predicted molar refractivity (Wildman–Crippen MR) is 124 cm³/mol. The van der Waals surface area contributed by atoms with E-state index in [-0.39, 0.29) is 29.8 Å². The van der Waals surface area contributed by atoms with Crippen LogP contribution in [0.4, 0.5) is 5.13 Å². The molecule has 170 valence electrons. The molecule has 2 heterocycles. The number of carbonyl (C=O) groups is 1. The lowest BCUT2D eigenvalue weighted by molar-refractivity contribution is -0.120. The third-order valence-electron chi connectivity index (χ3n) is 5.42. The maximum Gasteiger partial charge on any atom is 0.243 e. The van der Waals surface area contributed by atoms with Gasteiger partial charge in [0.05, 0.1) is 19.1 Å². The number of benzene rings is 2. The summed E-state index contributed by atoms with van der Waals surface area (Å²) in [4.78, 5) is 17.5. The van der Waals surface area contributed by atoms with Gasteiger partial charge in [-0.2, -0.15) is 4.31 Å². The van der Waals surface area contributed by atoms with Gasteiger partial charge in [-0.3, -0.25) is 4.79 Å². The van der Waals surface area contributed by atoms with Crippen LogP contribution in [0.5, 0.6) is 11.5 Å². The Balaban J connectivity index is 1.43. The van der Waals surface area contributed by atoms with Crippen molar-refractivity contribution < 1.29 is 22.7 Å². The summed E-state index contributed by atoms with van der Waals surface area (Å²) in [5, 5.41) is 3.79. The molecule has 4 rings (SSSR count). The number of rotatable bonds is 6. The van der Waals surface area contributed by atoms with E-state index in [1.807, 2.05) is 0 Å². The van der Waals surface area contributed by atoms with E-state index in [0.29, 0.717) is 40.0 Å². The summed E-state index contributed by atoms with van der Waals surface area (Å²) in [5.74, 6) is 0.769. The molecule has 1 amide bonds. The number of methoxy groups -OCH3 is 2. The normalized spacial score (nSPS) is 15.6. The Morgan fingerprint density at radius 3 is 2.34 bits per heavy atom. The molecule has 8 nitrogen and oxygen atoms in total. The molecule has 1 saturated heterocycles. The standard InChI is InChI=1S/C21H22ClN3O5S2/c1-29-16-7-8-17(30-2)19-18(16)23-21(31-19)24-20(26)13-9-11-25(12-10-13)32(27,28)15-5-3-14(22)4-6-15/h3-8,13H,9-12H2,1-2H3,(H,23,24,26). The topological polar surface area (TPSA) is 97.8 Å². The van der Waals surface area contributed by atoms with Crippen LogP contribution >= 0.6 is 22.9 Å². The third-order valence-corrected chi connectivity index (χ3v) is 8.57. The summed E-state index contributed by atoms with van der Waals surface area (Å²) in [6.07, 6.45) is 0.854. The molecule has 1 aliphatic heterocycles. The van der Waals surface area contributed by atoms with Crippen LogP contribution in [0.3, 0.4) is 0 Å². The van der Waals surface area contributed by atoms with Crippen LogP contribution in [0, 0.1) is 5.92 Å². The number of aromatic nitrogens is 1. The highest BCUT2D eigenvalue weighted by Crippen LogP contribution is 2.39. The highest BCUT2D eigenvalue weighted by atomic mass is 35.5. The van der Waals surface area contributed by atoms with Gasteiger partial charge in [-0.1, -0.05) is 22.9 Å². The SMILES string of the molecule is COc1ccc(OC)c2sc(NC(=O)C3CCN(S(=O)(=O)c4ccc(Cl)cc4)CC3)nc12. The van der Waals surface area contributed by atoms with E-state index in [2.05, 4.69) is 10.3 Å². The van der Waals surface area contributed by atoms with Crippen molar-refractivity contribution in [2.75, 3.05) is 32.6 Å². The number of hydrogen-bond acceptors (Lipinski definition) is 7. The lowest BCUT2D eigenvalue weighted by Crippen LogP contribution is -2.41. The van der Waals surface area contributed by atoms with Crippen molar-refractivity contribution in [3.63, 3.8) is 0 Å². The predicted octanol–water partition coefficient (Wildman–Crippen LogP) is 4.01. The van der Waals surface area contributed by atoms with E-state index in [1.54, 1.807) is 38.5 Å². The van der Waals surface area contributed by atoms with Crippen molar-refractivity contribution in [3.8, 4) is 11.5 Å². The van der Waals surface area contributed by atoms with E-state index < -0.39 is 10.0 Å². The van der Waals surface area contributed by atoms with Gasteiger partial charge < -0.3 is 14.8 Å². The molecule has 0 unspecified atom stereocenters. The quantitative estimate of drug-likeness (QED) is 0.555. The summed E-state index contributed by atoms with van der Waals surface area (Å²) in [6, 6.07) is 9.65. The molecule has 0 aliphatic carbocycles. The minimum Gasteiger partial charge on any atom is -0.495 e. The van der Waals surface area contributed by atoms with E-state index in [1.165, 1.54) is 27.8 Å². The molecule has 1 aliphatic rings. The highest BCUT2D eigenvalue weighted by molar-refractivity contribution is 7.89. The third kappa shape index (κ3) is 4.40. The van der Waals surface area contributed by atoms with Crippen LogP contribution in [0.15, 0.2) is 41.3 Å². The summed E-state index contributed by atoms with van der Waals surface area (Å²) in [6.45, 7) is 0.537. The maximum absolute atomic E-state index is 12.8. The second kappa shape index (κ2) is 9.22. The molecule has 2 aromatic carbocycles. The van der Waals surface area contributed by atoms with Crippen molar-refractivity contribution in [1.29, 1.82) is 0 Å². The van der Waals surface area contributed by atoms with Gasteiger partial charge in [0, 0.05) is 24.0 Å². The van der Waals surface area contributed by atoms with Crippen molar-refractivity contribution in [3.05, 3.63) is 41.4 Å². The smallest absolute Gasteiger partial charge is 0.243 e. The average molecular weight is 496 g/mol. The van der Waals surface area contributed by atoms with Gasteiger partial charge in [-0.05, 0) is 49.2 Å². The summed E-state index contributed by atoms with van der Waals surface area (Å²) >= 11 is 7.16. The zero-order chi connectivity index (χ0) is 22.9. The van der Waals surface area contributed by atoms with E-state index in [4.69, 9.17) is 21.1 Å². The van der Waals surface area contributed by atoms with E-state index in [0.717, 1.165) is 4.70 Å². The Bertz CT molecular complexity index is 1200. The monoisotopic (exact) mass is 495 g/mol. The van der Waals surface area contributed by atoms with Gasteiger partial charge in [0.25, 0.3) is 0 Å².